The molecule has 0 spiro atoms. The van der Waals surface area contributed by atoms with Crippen molar-refractivity contribution in [3.8, 4) is 5.75 Å². The van der Waals surface area contributed by atoms with Crippen LogP contribution in [0.1, 0.15) is 23.0 Å². The van der Waals surface area contributed by atoms with Gasteiger partial charge in [-0.05, 0) is 24.6 Å². The van der Waals surface area contributed by atoms with Gasteiger partial charge >= 0.3 is 0 Å². The number of carbonyl (C=O) groups excluding carboxylic acids is 1. The Kier molecular flexibility index (Phi) is 6.63. The van der Waals surface area contributed by atoms with Gasteiger partial charge in [-0.3, -0.25) is 14.2 Å². The Hall–Kier alpha value is -3.04. The highest BCUT2D eigenvalue weighted by Gasteiger charge is 2.24. The highest BCUT2D eigenvalue weighted by molar-refractivity contribution is 6.42. The summed E-state index contributed by atoms with van der Waals surface area (Å²) in [6.07, 6.45) is 2.59. The topological polar surface area (TPSA) is 102 Å². The number of carbonyl (C=O) groups is 1. The number of nitrogens with one attached hydrogen (secondary N) is 1. The molecule has 158 valence electrons. The second-order valence-corrected chi connectivity index (χ2v) is 7.17. The Morgan fingerprint density at radius 3 is 2.73 bits per heavy atom. The summed E-state index contributed by atoms with van der Waals surface area (Å²) in [5.74, 6) is -0.492. The molecule has 3 aromatic rings. The molecule has 0 aliphatic carbocycles. The van der Waals surface area contributed by atoms with Crippen molar-refractivity contribution >= 4 is 40.7 Å². The first kappa shape index (κ1) is 21.7. The number of anilines is 2. The maximum Gasteiger partial charge on any atom is 0.297 e. The minimum atomic E-state index is -0.622. The van der Waals surface area contributed by atoms with Crippen LogP contribution in [0.3, 0.4) is 0 Å². The molecule has 9 nitrogen and oxygen atoms in total. The smallest absolute Gasteiger partial charge is 0.297 e. The quantitative estimate of drug-likeness (QED) is 0.587. The summed E-state index contributed by atoms with van der Waals surface area (Å²) in [5.41, 5.74) is 0.552. The number of rotatable bonds is 7. The number of amides is 1. The second kappa shape index (κ2) is 9.19. The third kappa shape index (κ3) is 4.58. The molecule has 0 bridgehead atoms. The van der Waals surface area contributed by atoms with Crippen LogP contribution < -0.4 is 20.5 Å². The zero-order valence-corrected chi connectivity index (χ0v) is 18.0. The van der Waals surface area contributed by atoms with Crippen LogP contribution >= 0.6 is 23.2 Å². The summed E-state index contributed by atoms with van der Waals surface area (Å²) >= 11 is 12.1. The van der Waals surface area contributed by atoms with Gasteiger partial charge in [0.1, 0.15) is 12.0 Å². The number of aromatic nitrogens is 3. The molecule has 0 saturated heterocycles. The molecule has 0 aliphatic rings. The van der Waals surface area contributed by atoms with Crippen LogP contribution in [-0.4, -0.2) is 34.3 Å². The molecule has 0 fully saturated rings. The monoisotopic (exact) mass is 451 g/mol. The van der Waals surface area contributed by atoms with Crippen LogP contribution in [0.25, 0.3) is 0 Å². The molecule has 1 aromatic carbocycles. The van der Waals surface area contributed by atoms with Gasteiger partial charge in [0.2, 0.25) is 11.7 Å². The predicted octanol–water partition coefficient (Wildman–Crippen LogP) is 3.36. The van der Waals surface area contributed by atoms with E-state index >= 15 is 0 Å². The van der Waals surface area contributed by atoms with Crippen molar-refractivity contribution in [1.82, 2.24) is 14.7 Å². The van der Waals surface area contributed by atoms with E-state index in [1.54, 1.807) is 38.1 Å². The first-order valence-electron chi connectivity index (χ1n) is 8.91. The highest BCUT2D eigenvalue weighted by Crippen LogP contribution is 2.24. The number of ether oxygens (including phenoxy) is 1. The van der Waals surface area contributed by atoms with E-state index in [4.69, 9.17) is 32.5 Å². The zero-order valence-electron chi connectivity index (χ0n) is 16.5. The summed E-state index contributed by atoms with van der Waals surface area (Å²) in [4.78, 5) is 31.8. The third-order valence-corrected chi connectivity index (χ3v) is 4.90. The van der Waals surface area contributed by atoms with E-state index in [2.05, 4.69) is 15.5 Å². The van der Waals surface area contributed by atoms with Crippen LogP contribution in [0, 0.1) is 0 Å². The van der Waals surface area contributed by atoms with Crippen molar-refractivity contribution in [2.75, 3.05) is 23.9 Å². The fourth-order valence-corrected chi connectivity index (χ4v) is 3.10. The Balaban J connectivity index is 1.99. The van der Waals surface area contributed by atoms with Crippen molar-refractivity contribution in [3.05, 3.63) is 62.3 Å². The Morgan fingerprint density at radius 1 is 1.33 bits per heavy atom. The van der Waals surface area contributed by atoms with Gasteiger partial charge in [-0.25, -0.2) is 4.98 Å². The zero-order chi connectivity index (χ0) is 21.8. The van der Waals surface area contributed by atoms with E-state index < -0.39 is 11.5 Å². The molecule has 3 rings (SSSR count). The molecule has 2 aromatic heterocycles. The summed E-state index contributed by atoms with van der Waals surface area (Å²) in [6, 6.07) is 5.24. The fraction of sp³-hybridized carbons (Fsp3) is 0.263. The highest BCUT2D eigenvalue weighted by atomic mass is 35.5. The number of nitrogens with zero attached hydrogens (tertiary/aromatic N) is 4. The van der Waals surface area contributed by atoms with Crippen molar-refractivity contribution < 1.29 is 14.1 Å². The summed E-state index contributed by atoms with van der Waals surface area (Å²) in [6.45, 7) is 2.28. The van der Waals surface area contributed by atoms with Crippen LogP contribution in [0.2, 0.25) is 10.0 Å². The maximum atomic E-state index is 12.9. The van der Waals surface area contributed by atoms with Gasteiger partial charge in [-0.15, -0.1) is 0 Å². The van der Waals surface area contributed by atoms with Crippen molar-refractivity contribution in [1.29, 1.82) is 0 Å². The van der Waals surface area contributed by atoms with Gasteiger partial charge in [-0.2, -0.15) is 0 Å². The minimum absolute atomic E-state index is 0.138. The van der Waals surface area contributed by atoms with E-state index in [1.165, 1.54) is 17.0 Å². The second-order valence-electron chi connectivity index (χ2n) is 6.36. The molecule has 11 heteroatoms. The number of benzene rings is 1. The van der Waals surface area contributed by atoms with Gasteiger partial charge in [0.15, 0.2) is 5.69 Å². The van der Waals surface area contributed by atoms with E-state index in [-0.39, 0.29) is 24.0 Å². The Bertz CT molecular complexity index is 1110. The van der Waals surface area contributed by atoms with E-state index in [0.717, 1.165) is 5.56 Å². The molecule has 2 heterocycles. The Labute approximate surface area is 182 Å². The van der Waals surface area contributed by atoms with Gasteiger partial charge in [0.05, 0.1) is 22.8 Å². The van der Waals surface area contributed by atoms with E-state index in [0.29, 0.717) is 22.3 Å². The van der Waals surface area contributed by atoms with Crippen LogP contribution in [-0.2, 0) is 13.6 Å². The lowest BCUT2D eigenvalue weighted by atomic mass is 10.2. The molecule has 1 amide bonds. The molecule has 0 aliphatic heterocycles. The predicted molar refractivity (Wildman–Crippen MR) is 114 cm³/mol. The maximum absolute atomic E-state index is 12.9. The minimum Gasteiger partial charge on any atom is -0.486 e. The summed E-state index contributed by atoms with van der Waals surface area (Å²) in [5, 5.41) is 6.97. The molecule has 0 atom stereocenters. The largest absolute Gasteiger partial charge is 0.486 e. The average molecular weight is 452 g/mol. The molecule has 30 heavy (non-hydrogen) atoms. The molecular formula is C19H19Cl2N5O4. The van der Waals surface area contributed by atoms with Crippen molar-refractivity contribution in [3.63, 3.8) is 0 Å². The summed E-state index contributed by atoms with van der Waals surface area (Å²) < 4.78 is 11.5. The molecule has 0 unspecified atom stereocenters. The number of hydrogen-bond acceptors (Lipinski definition) is 7. The first-order chi connectivity index (χ1) is 14.3. The molecule has 1 N–H and O–H groups in total. The first-order valence-corrected chi connectivity index (χ1v) is 9.67. The van der Waals surface area contributed by atoms with Crippen molar-refractivity contribution in [2.24, 2.45) is 7.05 Å². The standard InChI is InChI=1S/C19H19Cl2N5O4/c1-4-29-16-15(17(27)23-12-8-22-30-10-12)24-19(26(3)18(16)28)25(2)9-11-5-6-13(20)14(21)7-11/h5-8,10H,4,9H2,1-3H3,(H,23,27). The molecular weight excluding hydrogens is 433 g/mol. The summed E-state index contributed by atoms with van der Waals surface area (Å²) in [7, 11) is 3.30. The Morgan fingerprint density at radius 2 is 2.10 bits per heavy atom. The SMILES string of the molecule is CCOc1c(C(=O)Nc2cnoc2)nc(N(C)Cc2ccc(Cl)c(Cl)c2)n(C)c1=O. The third-order valence-electron chi connectivity index (χ3n) is 4.16. The van der Waals surface area contributed by atoms with Crippen molar-refractivity contribution in [2.45, 2.75) is 13.5 Å². The normalized spacial score (nSPS) is 10.7. The van der Waals surface area contributed by atoms with Gasteiger partial charge < -0.3 is 19.5 Å². The molecule has 0 saturated carbocycles. The average Bonchev–Trinajstić information content (AvgIpc) is 3.21. The number of hydrogen-bond donors (Lipinski definition) is 1. The van der Waals surface area contributed by atoms with Gasteiger partial charge in [-0.1, -0.05) is 34.4 Å². The van der Waals surface area contributed by atoms with E-state index in [9.17, 15) is 9.59 Å². The number of halogens is 2. The lowest BCUT2D eigenvalue weighted by Crippen LogP contribution is -2.32. The van der Waals surface area contributed by atoms with Crippen LogP contribution in [0.4, 0.5) is 11.6 Å². The fourth-order valence-electron chi connectivity index (χ4n) is 2.78. The van der Waals surface area contributed by atoms with Gasteiger partial charge in [0, 0.05) is 20.6 Å². The molecule has 0 radical (unpaired) electrons. The van der Waals surface area contributed by atoms with Crippen LogP contribution in [0.15, 0.2) is 40.0 Å². The lowest BCUT2D eigenvalue weighted by molar-refractivity contribution is 0.101. The lowest BCUT2D eigenvalue weighted by Gasteiger charge is -2.22. The van der Waals surface area contributed by atoms with Gasteiger partial charge in [0.25, 0.3) is 11.5 Å². The van der Waals surface area contributed by atoms with Crippen LogP contribution in [0.5, 0.6) is 5.75 Å². The van der Waals surface area contributed by atoms with E-state index in [1.807, 2.05) is 6.07 Å².